The summed E-state index contributed by atoms with van der Waals surface area (Å²) in [5.74, 6) is 1.53. The maximum Gasteiger partial charge on any atom is 0.320 e. The normalized spacial score (nSPS) is 16.9. The average molecular weight is 413 g/mol. The maximum atomic E-state index is 11.4. The number of aryl methyl sites for hydroxylation is 1. The van der Waals surface area contributed by atoms with Gasteiger partial charge in [-0.15, -0.1) is 11.3 Å². The van der Waals surface area contributed by atoms with E-state index in [0.29, 0.717) is 25.5 Å². The molecule has 1 aromatic carbocycles. The number of likely N-dealkylation sites (tertiary alicyclic amines) is 1. The monoisotopic (exact) mass is 412 g/mol. The molecule has 1 aliphatic heterocycles. The molecule has 3 aromatic rings. The Morgan fingerprint density at radius 2 is 2.28 bits per heavy atom. The van der Waals surface area contributed by atoms with Crippen molar-refractivity contribution < 1.29 is 19.1 Å². The molecule has 1 atom stereocenters. The van der Waals surface area contributed by atoms with E-state index in [1.807, 2.05) is 53.6 Å². The van der Waals surface area contributed by atoms with Crippen LogP contribution in [0, 0.1) is 6.92 Å². The Bertz CT molecular complexity index is 967. The number of carboxylic acid groups (broad SMARTS) is 1. The molecule has 29 heavy (non-hydrogen) atoms. The van der Waals surface area contributed by atoms with Gasteiger partial charge in [-0.1, -0.05) is 18.2 Å². The molecule has 1 unspecified atom stereocenters. The number of aromatic nitrogens is 1. The van der Waals surface area contributed by atoms with Gasteiger partial charge in [-0.2, -0.15) is 0 Å². The second kappa shape index (κ2) is 8.80. The Labute approximate surface area is 173 Å². The van der Waals surface area contributed by atoms with Crippen LogP contribution in [0.5, 0.6) is 5.75 Å². The number of nitrogens with zero attached hydrogens (tertiary/aromatic N) is 2. The number of carboxylic acids is 1. The average Bonchev–Trinajstić information content (AvgIpc) is 3.44. The van der Waals surface area contributed by atoms with Crippen LogP contribution >= 0.6 is 11.3 Å². The predicted octanol–water partition coefficient (Wildman–Crippen LogP) is 4.38. The number of hydrogen-bond donors (Lipinski definition) is 1. The molecular formula is C22H24N2O4S. The van der Waals surface area contributed by atoms with Crippen molar-refractivity contribution in [2.24, 2.45) is 0 Å². The first-order valence-corrected chi connectivity index (χ1v) is 10.7. The van der Waals surface area contributed by atoms with E-state index < -0.39 is 5.97 Å². The van der Waals surface area contributed by atoms with Crippen molar-refractivity contribution in [1.29, 1.82) is 0 Å². The highest BCUT2D eigenvalue weighted by atomic mass is 32.1. The molecule has 7 heteroatoms. The molecule has 1 saturated heterocycles. The van der Waals surface area contributed by atoms with E-state index in [-0.39, 0.29) is 6.04 Å². The van der Waals surface area contributed by atoms with E-state index in [1.165, 1.54) is 0 Å². The van der Waals surface area contributed by atoms with Crippen LogP contribution in [0.4, 0.5) is 0 Å². The third-order valence-corrected chi connectivity index (χ3v) is 6.02. The summed E-state index contributed by atoms with van der Waals surface area (Å²) in [5.41, 5.74) is 1.97. The van der Waals surface area contributed by atoms with Gasteiger partial charge >= 0.3 is 5.97 Å². The topological polar surface area (TPSA) is 75.8 Å². The van der Waals surface area contributed by atoms with Crippen molar-refractivity contribution in [1.82, 2.24) is 9.88 Å². The minimum Gasteiger partial charge on any atom is -0.493 e. The van der Waals surface area contributed by atoms with Crippen molar-refractivity contribution in [2.45, 2.75) is 38.8 Å². The van der Waals surface area contributed by atoms with Crippen molar-refractivity contribution in [3.8, 4) is 16.5 Å². The summed E-state index contributed by atoms with van der Waals surface area (Å²) in [6, 6.07) is 11.5. The highest BCUT2D eigenvalue weighted by Crippen LogP contribution is 2.26. The molecule has 0 saturated carbocycles. The quantitative estimate of drug-likeness (QED) is 0.592. The molecule has 4 rings (SSSR count). The molecule has 1 fully saturated rings. The second-order valence-electron chi connectivity index (χ2n) is 7.21. The van der Waals surface area contributed by atoms with Crippen molar-refractivity contribution in [2.75, 3.05) is 13.2 Å². The van der Waals surface area contributed by atoms with Gasteiger partial charge in [-0.3, -0.25) is 9.69 Å². The first kappa shape index (κ1) is 19.7. The Morgan fingerprint density at radius 1 is 1.38 bits per heavy atom. The number of rotatable bonds is 8. The Hall–Kier alpha value is -2.64. The number of carbonyl (C=O) groups is 1. The van der Waals surface area contributed by atoms with E-state index >= 15 is 0 Å². The summed E-state index contributed by atoms with van der Waals surface area (Å²) in [6.45, 7) is 3.87. The van der Waals surface area contributed by atoms with Crippen LogP contribution < -0.4 is 4.74 Å². The standard InChI is InChI=1S/C22H24N2O4S/c1-15-18(23-21(28-15)20-8-4-12-29-20)9-11-27-17-6-2-5-16(13-17)14-24-10-3-7-19(24)22(25)26/h2,4-6,8,12-13,19H,3,7,9-11,14H2,1H3,(H,25,26). The number of benzene rings is 1. The SMILES string of the molecule is Cc1oc(-c2cccs2)nc1CCOc1cccc(CN2CCCC2C(=O)O)c1. The Balaban J connectivity index is 1.34. The van der Waals surface area contributed by atoms with Gasteiger partial charge in [-0.25, -0.2) is 4.98 Å². The van der Waals surface area contributed by atoms with Crippen LogP contribution in [0.15, 0.2) is 46.2 Å². The number of oxazole rings is 1. The molecule has 0 spiro atoms. The largest absolute Gasteiger partial charge is 0.493 e. The van der Waals surface area contributed by atoms with E-state index in [4.69, 9.17) is 9.15 Å². The summed E-state index contributed by atoms with van der Waals surface area (Å²) < 4.78 is 11.7. The molecular weight excluding hydrogens is 388 g/mol. The smallest absolute Gasteiger partial charge is 0.320 e. The minimum atomic E-state index is -0.736. The van der Waals surface area contributed by atoms with Gasteiger partial charge in [0.1, 0.15) is 17.6 Å². The fourth-order valence-corrected chi connectivity index (χ4v) is 4.34. The lowest BCUT2D eigenvalue weighted by atomic mass is 10.1. The van der Waals surface area contributed by atoms with Crippen LogP contribution in [0.25, 0.3) is 10.8 Å². The summed E-state index contributed by atoms with van der Waals surface area (Å²) in [5, 5.41) is 11.4. The summed E-state index contributed by atoms with van der Waals surface area (Å²) in [6.07, 6.45) is 2.31. The zero-order chi connectivity index (χ0) is 20.2. The molecule has 2 aromatic heterocycles. The van der Waals surface area contributed by atoms with Crippen molar-refractivity contribution in [3.05, 3.63) is 58.8 Å². The molecule has 1 aliphatic rings. The van der Waals surface area contributed by atoms with E-state index in [9.17, 15) is 9.90 Å². The molecule has 0 radical (unpaired) electrons. The molecule has 152 valence electrons. The van der Waals surface area contributed by atoms with E-state index in [0.717, 1.165) is 47.0 Å². The molecule has 0 aliphatic carbocycles. The van der Waals surface area contributed by atoms with Crippen LogP contribution in [0.3, 0.4) is 0 Å². The first-order valence-electron chi connectivity index (χ1n) is 9.79. The van der Waals surface area contributed by atoms with Gasteiger partial charge in [0.25, 0.3) is 0 Å². The van der Waals surface area contributed by atoms with Gasteiger partial charge in [-0.05, 0) is 55.5 Å². The first-order chi connectivity index (χ1) is 14.1. The van der Waals surface area contributed by atoms with Crippen LogP contribution in [0.2, 0.25) is 0 Å². The summed E-state index contributed by atoms with van der Waals surface area (Å²) in [4.78, 5) is 19.0. The minimum absolute atomic E-state index is 0.382. The second-order valence-corrected chi connectivity index (χ2v) is 8.16. The highest BCUT2D eigenvalue weighted by Gasteiger charge is 2.30. The van der Waals surface area contributed by atoms with Gasteiger partial charge in [0.2, 0.25) is 5.89 Å². The zero-order valence-corrected chi connectivity index (χ0v) is 17.2. The van der Waals surface area contributed by atoms with Crippen LogP contribution in [-0.2, 0) is 17.8 Å². The highest BCUT2D eigenvalue weighted by molar-refractivity contribution is 7.13. The zero-order valence-electron chi connectivity index (χ0n) is 16.3. The maximum absolute atomic E-state index is 11.4. The summed E-state index contributed by atoms with van der Waals surface area (Å²) >= 11 is 1.61. The summed E-state index contributed by atoms with van der Waals surface area (Å²) in [7, 11) is 0. The third-order valence-electron chi connectivity index (χ3n) is 5.17. The van der Waals surface area contributed by atoms with E-state index in [1.54, 1.807) is 11.3 Å². The Morgan fingerprint density at radius 3 is 3.07 bits per heavy atom. The molecule has 1 N–H and O–H groups in total. The lowest BCUT2D eigenvalue weighted by molar-refractivity contribution is -0.142. The fraction of sp³-hybridized carbons (Fsp3) is 0.364. The van der Waals surface area contributed by atoms with Gasteiger partial charge < -0.3 is 14.3 Å². The lowest BCUT2D eigenvalue weighted by Gasteiger charge is -2.21. The Kier molecular flexibility index (Phi) is 5.97. The van der Waals surface area contributed by atoms with Crippen LogP contribution in [-0.4, -0.2) is 40.2 Å². The predicted molar refractivity (Wildman–Crippen MR) is 111 cm³/mol. The van der Waals surface area contributed by atoms with Crippen molar-refractivity contribution >= 4 is 17.3 Å². The van der Waals surface area contributed by atoms with Gasteiger partial charge in [0.15, 0.2) is 0 Å². The third kappa shape index (κ3) is 4.68. The molecule has 0 amide bonds. The van der Waals surface area contributed by atoms with Gasteiger partial charge in [0.05, 0.1) is 17.2 Å². The molecule has 6 nitrogen and oxygen atoms in total. The van der Waals surface area contributed by atoms with E-state index in [2.05, 4.69) is 4.98 Å². The number of thiophene rings is 1. The number of ether oxygens (including phenoxy) is 1. The van der Waals surface area contributed by atoms with Crippen molar-refractivity contribution in [3.63, 3.8) is 0 Å². The lowest BCUT2D eigenvalue weighted by Crippen LogP contribution is -2.35. The fourth-order valence-electron chi connectivity index (χ4n) is 3.69. The number of hydrogen-bond acceptors (Lipinski definition) is 6. The number of aliphatic carboxylic acids is 1. The van der Waals surface area contributed by atoms with Crippen LogP contribution in [0.1, 0.15) is 29.9 Å². The van der Waals surface area contributed by atoms with Gasteiger partial charge in [0, 0.05) is 13.0 Å². The molecule has 0 bridgehead atoms. The molecule has 3 heterocycles.